The van der Waals surface area contributed by atoms with E-state index in [1.54, 1.807) is 6.92 Å². The summed E-state index contributed by atoms with van der Waals surface area (Å²) in [5.41, 5.74) is 5.61. The maximum atomic E-state index is 12.0. The van der Waals surface area contributed by atoms with Crippen LogP contribution < -0.4 is 11.1 Å². The topological polar surface area (TPSA) is 47.3 Å². The molecular formula is C9H13F3N2O. The van der Waals surface area contributed by atoms with Crippen molar-refractivity contribution < 1.29 is 17.9 Å². The molecule has 0 aromatic rings. The van der Waals surface area contributed by atoms with Crippen LogP contribution in [0.25, 0.3) is 0 Å². The molecule has 6 heteroatoms. The van der Waals surface area contributed by atoms with E-state index in [4.69, 9.17) is 5.73 Å². The van der Waals surface area contributed by atoms with Gasteiger partial charge in [-0.25, -0.2) is 0 Å². The van der Waals surface area contributed by atoms with Crippen molar-refractivity contribution >= 4 is 0 Å². The van der Waals surface area contributed by atoms with E-state index >= 15 is 0 Å². The van der Waals surface area contributed by atoms with Gasteiger partial charge in [0.15, 0.2) is 0 Å². The highest BCUT2D eigenvalue weighted by atomic mass is 19.4. The Kier molecular flexibility index (Phi) is 3.28. The lowest BCUT2D eigenvalue weighted by Gasteiger charge is -2.22. The Hall–Kier alpha value is -1.17. The van der Waals surface area contributed by atoms with Gasteiger partial charge >= 0.3 is 6.36 Å². The van der Waals surface area contributed by atoms with Crippen LogP contribution in [0.3, 0.4) is 0 Å². The van der Waals surface area contributed by atoms with Gasteiger partial charge in [0.1, 0.15) is 5.76 Å². The normalized spacial score (nSPS) is 27.9. The number of hydrogen-bond donors (Lipinski definition) is 2. The van der Waals surface area contributed by atoms with E-state index in [0.717, 1.165) is 0 Å². The number of halogens is 3. The first kappa shape index (κ1) is 11.9. The Morgan fingerprint density at radius 3 is 2.67 bits per heavy atom. The maximum Gasteiger partial charge on any atom is 0.572 e. The van der Waals surface area contributed by atoms with E-state index in [1.165, 1.54) is 12.3 Å². The third kappa shape index (κ3) is 2.89. The SMILES string of the molecule is C=C[C@@H]1C(OC(F)(F)F)=CN[C@H]1[C@@H](C)N. The fourth-order valence-electron chi connectivity index (χ4n) is 1.53. The summed E-state index contributed by atoms with van der Waals surface area (Å²) >= 11 is 0. The van der Waals surface area contributed by atoms with Crippen molar-refractivity contribution in [2.75, 3.05) is 0 Å². The second kappa shape index (κ2) is 4.14. The Balaban J connectivity index is 2.72. The molecule has 15 heavy (non-hydrogen) atoms. The molecule has 0 aliphatic carbocycles. The minimum atomic E-state index is -4.68. The van der Waals surface area contributed by atoms with E-state index in [2.05, 4.69) is 16.6 Å². The van der Waals surface area contributed by atoms with Crippen molar-refractivity contribution in [3.63, 3.8) is 0 Å². The van der Waals surface area contributed by atoms with Crippen LogP contribution in [0.4, 0.5) is 13.2 Å². The highest BCUT2D eigenvalue weighted by Gasteiger charge is 2.39. The van der Waals surface area contributed by atoms with Gasteiger partial charge in [0.2, 0.25) is 0 Å². The minimum Gasteiger partial charge on any atom is -0.408 e. The van der Waals surface area contributed by atoms with Crippen molar-refractivity contribution in [3.8, 4) is 0 Å². The molecule has 0 unspecified atom stereocenters. The monoisotopic (exact) mass is 222 g/mol. The van der Waals surface area contributed by atoms with Crippen LogP contribution >= 0.6 is 0 Å². The molecule has 0 saturated heterocycles. The number of rotatable bonds is 3. The lowest BCUT2D eigenvalue weighted by Crippen LogP contribution is -2.42. The zero-order chi connectivity index (χ0) is 11.6. The first-order chi connectivity index (χ1) is 6.85. The molecule has 0 radical (unpaired) electrons. The van der Waals surface area contributed by atoms with Gasteiger partial charge in [0.25, 0.3) is 0 Å². The standard InChI is InChI=1S/C9H13F3N2O/c1-3-6-7(15-9(10,11)12)4-14-8(6)5(2)13/h3-6,8,14H,1,13H2,2H3/t5-,6-,8+/m1/s1. The summed E-state index contributed by atoms with van der Waals surface area (Å²) < 4.78 is 39.8. The number of alkyl halides is 3. The van der Waals surface area contributed by atoms with Crippen molar-refractivity contribution in [2.24, 2.45) is 11.7 Å². The Labute approximate surface area is 85.8 Å². The lowest BCUT2D eigenvalue weighted by molar-refractivity contribution is -0.307. The second-order valence-corrected chi connectivity index (χ2v) is 3.41. The zero-order valence-corrected chi connectivity index (χ0v) is 8.21. The molecule has 1 aliphatic rings. The van der Waals surface area contributed by atoms with Crippen LogP contribution in [0.5, 0.6) is 0 Å². The summed E-state index contributed by atoms with van der Waals surface area (Å²) in [5.74, 6) is -0.744. The molecule has 3 N–H and O–H groups in total. The fourth-order valence-corrected chi connectivity index (χ4v) is 1.53. The Morgan fingerprint density at radius 2 is 2.27 bits per heavy atom. The molecular weight excluding hydrogens is 209 g/mol. The first-order valence-corrected chi connectivity index (χ1v) is 4.45. The van der Waals surface area contributed by atoms with Gasteiger partial charge in [0.05, 0.1) is 12.0 Å². The summed E-state index contributed by atoms with van der Waals surface area (Å²) in [7, 11) is 0. The molecule has 0 aromatic carbocycles. The number of nitrogens with two attached hydrogens (primary N) is 1. The van der Waals surface area contributed by atoms with Gasteiger partial charge in [-0.05, 0) is 6.92 Å². The molecule has 0 saturated carbocycles. The smallest absolute Gasteiger partial charge is 0.408 e. The molecule has 1 rings (SSSR count). The van der Waals surface area contributed by atoms with Crippen molar-refractivity contribution in [1.82, 2.24) is 5.32 Å². The summed E-state index contributed by atoms with van der Waals surface area (Å²) in [6, 6.07) is -0.599. The van der Waals surface area contributed by atoms with Crippen LogP contribution in [0.1, 0.15) is 6.92 Å². The third-order valence-electron chi connectivity index (χ3n) is 2.19. The molecule has 0 aromatic heterocycles. The molecule has 0 bridgehead atoms. The highest BCUT2D eigenvalue weighted by molar-refractivity contribution is 5.18. The summed E-state index contributed by atoms with van der Waals surface area (Å²) in [5, 5.41) is 2.75. The van der Waals surface area contributed by atoms with Gasteiger partial charge in [-0.2, -0.15) is 0 Å². The maximum absolute atomic E-state index is 12.0. The molecule has 3 atom stereocenters. The quantitative estimate of drug-likeness (QED) is 0.711. The fraction of sp³-hybridized carbons (Fsp3) is 0.556. The molecule has 0 amide bonds. The molecule has 1 heterocycles. The van der Waals surface area contributed by atoms with Gasteiger partial charge in [-0.1, -0.05) is 6.08 Å². The highest BCUT2D eigenvalue weighted by Crippen LogP contribution is 2.30. The van der Waals surface area contributed by atoms with Crippen LogP contribution in [0.15, 0.2) is 24.6 Å². The van der Waals surface area contributed by atoms with Gasteiger partial charge in [-0.15, -0.1) is 19.8 Å². The predicted molar refractivity (Wildman–Crippen MR) is 49.5 cm³/mol. The van der Waals surface area contributed by atoms with Gasteiger partial charge in [0, 0.05) is 12.2 Å². The van der Waals surface area contributed by atoms with E-state index in [1.807, 2.05) is 0 Å². The Bertz CT molecular complexity index is 273. The third-order valence-corrected chi connectivity index (χ3v) is 2.19. The molecule has 0 spiro atoms. The zero-order valence-electron chi connectivity index (χ0n) is 8.21. The Morgan fingerprint density at radius 1 is 1.67 bits per heavy atom. The van der Waals surface area contributed by atoms with Crippen molar-refractivity contribution in [2.45, 2.75) is 25.4 Å². The summed E-state index contributed by atoms with van der Waals surface area (Å²) in [4.78, 5) is 0. The van der Waals surface area contributed by atoms with E-state index in [0.29, 0.717) is 0 Å². The van der Waals surface area contributed by atoms with Crippen LogP contribution in [-0.2, 0) is 4.74 Å². The first-order valence-electron chi connectivity index (χ1n) is 4.45. The van der Waals surface area contributed by atoms with E-state index in [9.17, 15) is 13.2 Å². The van der Waals surface area contributed by atoms with E-state index < -0.39 is 12.3 Å². The van der Waals surface area contributed by atoms with Gasteiger partial charge in [-0.3, -0.25) is 0 Å². The van der Waals surface area contributed by atoms with Crippen molar-refractivity contribution in [1.29, 1.82) is 0 Å². The van der Waals surface area contributed by atoms with Crippen LogP contribution in [0, 0.1) is 5.92 Å². The number of nitrogens with one attached hydrogen (secondary N) is 1. The second-order valence-electron chi connectivity index (χ2n) is 3.41. The molecule has 3 nitrogen and oxygen atoms in total. The van der Waals surface area contributed by atoms with Crippen molar-refractivity contribution in [3.05, 3.63) is 24.6 Å². The minimum absolute atomic E-state index is 0.195. The summed E-state index contributed by atoms with van der Waals surface area (Å²) in [6.45, 7) is 5.18. The predicted octanol–water partition coefficient (Wildman–Crippen LogP) is 1.49. The number of hydrogen-bond acceptors (Lipinski definition) is 3. The number of ether oxygens (including phenoxy) is 1. The van der Waals surface area contributed by atoms with Gasteiger partial charge < -0.3 is 15.8 Å². The van der Waals surface area contributed by atoms with Crippen LogP contribution in [0.2, 0.25) is 0 Å². The molecule has 1 aliphatic heterocycles. The largest absolute Gasteiger partial charge is 0.572 e. The van der Waals surface area contributed by atoms with E-state index in [-0.39, 0.29) is 17.8 Å². The average molecular weight is 222 g/mol. The van der Waals surface area contributed by atoms with Crippen LogP contribution in [-0.4, -0.2) is 18.4 Å². The average Bonchev–Trinajstić information content (AvgIpc) is 2.44. The lowest BCUT2D eigenvalue weighted by atomic mass is 9.96. The molecule has 86 valence electrons. The summed E-state index contributed by atoms with van der Waals surface area (Å²) in [6.07, 6.45) is -2.10. The molecule has 0 fully saturated rings.